The van der Waals surface area contributed by atoms with Crippen LogP contribution in [0.3, 0.4) is 0 Å². The summed E-state index contributed by atoms with van der Waals surface area (Å²) in [4.78, 5) is 4.41. The highest BCUT2D eigenvalue weighted by Gasteiger charge is 2.22. The van der Waals surface area contributed by atoms with Gasteiger partial charge in [-0.1, -0.05) is 0 Å². The maximum atomic E-state index is 4.41. The Labute approximate surface area is 77.7 Å². The van der Waals surface area contributed by atoms with Crippen LogP contribution in [-0.4, -0.2) is 11.5 Å². The molecule has 2 heterocycles. The van der Waals surface area contributed by atoms with E-state index in [4.69, 9.17) is 0 Å². The molecule has 0 aromatic carbocycles. The summed E-state index contributed by atoms with van der Waals surface area (Å²) in [7, 11) is 0. The molecule has 0 unspecified atom stereocenters. The van der Waals surface area contributed by atoms with Gasteiger partial charge in [0.1, 0.15) is 0 Å². The Balaban J connectivity index is 2.18. The quantitative estimate of drug-likeness (QED) is 0.644. The van der Waals surface area contributed by atoms with Gasteiger partial charge in [0, 0.05) is 29.7 Å². The average molecular weight is 172 g/mol. The van der Waals surface area contributed by atoms with Crippen LogP contribution < -0.4 is 5.32 Å². The van der Waals surface area contributed by atoms with Crippen molar-refractivity contribution in [3.8, 4) is 0 Å². The van der Waals surface area contributed by atoms with Gasteiger partial charge in [0.25, 0.3) is 0 Å². The fraction of sp³-hybridized carbons (Fsp3) is 0.364. The Morgan fingerprint density at radius 3 is 3.23 bits per heavy atom. The molecule has 0 amide bonds. The minimum absolute atomic E-state index is 1.11. The van der Waals surface area contributed by atoms with Crippen LogP contribution in [0.4, 0.5) is 0 Å². The van der Waals surface area contributed by atoms with Crippen LogP contribution in [-0.2, 0) is 6.42 Å². The molecule has 0 atom stereocenters. The number of pyridine rings is 1. The molecule has 0 saturated carbocycles. The molecule has 13 heavy (non-hydrogen) atoms. The summed E-state index contributed by atoms with van der Waals surface area (Å²) in [5, 5.41) is 3.45. The molecule has 66 valence electrons. The molecule has 3 rings (SSSR count). The lowest BCUT2D eigenvalue weighted by molar-refractivity contribution is 0.845. The summed E-state index contributed by atoms with van der Waals surface area (Å²) >= 11 is 0. The highest BCUT2D eigenvalue weighted by Crippen LogP contribution is 2.32. The first-order chi connectivity index (χ1) is 6.45. The monoisotopic (exact) mass is 172 g/mol. The highest BCUT2D eigenvalue weighted by molar-refractivity contribution is 5.72. The third kappa shape index (κ3) is 0.981. The summed E-state index contributed by atoms with van der Waals surface area (Å²) < 4.78 is 0. The highest BCUT2D eigenvalue weighted by atomic mass is 14.9. The van der Waals surface area contributed by atoms with E-state index in [0.717, 1.165) is 13.0 Å². The van der Waals surface area contributed by atoms with Gasteiger partial charge in [0.15, 0.2) is 0 Å². The number of rotatable bonds is 0. The van der Waals surface area contributed by atoms with E-state index in [-0.39, 0.29) is 0 Å². The molecule has 2 nitrogen and oxygen atoms in total. The van der Waals surface area contributed by atoms with Gasteiger partial charge >= 0.3 is 0 Å². The van der Waals surface area contributed by atoms with Crippen LogP contribution in [0.15, 0.2) is 23.9 Å². The molecule has 2 heteroatoms. The number of hydrogen-bond acceptors (Lipinski definition) is 2. The third-order valence-corrected chi connectivity index (χ3v) is 2.91. The van der Waals surface area contributed by atoms with Crippen LogP contribution in [0.2, 0.25) is 0 Å². The fourth-order valence-electron chi connectivity index (χ4n) is 2.26. The molecule has 0 saturated heterocycles. The van der Waals surface area contributed by atoms with Crippen LogP contribution in [0.1, 0.15) is 24.1 Å². The topological polar surface area (TPSA) is 24.9 Å². The smallest absolute Gasteiger partial charge is 0.0499 e. The van der Waals surface area contributed by atoms with Crippen molar-refractivity contribution in [1.82, 2.24) is 10.3 Å². The van der Waals surface area contributed by atoms with Gasteiger partial charge in [-0.15, -0.1) is 0 Å². The van der Waals surface area contributed by atoms with Gasteiger partial charge in [-0.2, -0.15) is 0 Å². The number of nitrogens with zero attached hydrogens (tertiary/aromatic N) is 1. The molecule has 1 aromatic rings. The van der Waals surface area contributed by atoms with Gasteiger partial charge in [-0.25, -0.2) is 0 Å². The van der Waals surface area contributed by atoms with Gasteiger partial charge in [-0.3, -0.25) is 4.98 Å². The minimum Gasteiger partial charge on any atom is -0.384 e. The standard InChI is InChI=1S/C11H12N2/c1-2-9-10(12-6-1)4-3-8-5-7-13-11(8)9/h1-2,6,13H,3-5,7H2. The first-order valence-electron chi connectivity index (χ1n) is 4.85. The number of hydrogen-bond donors (Lipinski definition) is 1. The van der Waals surface area contributed by atoms with E-state index in [2.05, 4.69) is 16.4 Å². The zero-order chi connectivity index (χ0) is 8.67. The molecule has 1 aliphatic carbocycles. The molecule has 1 N–H and O–H groups in total. The molecule has 0 fully saturated rings. The van der Waals surface area contributed by atoms with Crippen molar-refractivity contribution in [2.24, 2.45) is 0 Å². The second-order valence-corrected chi connectivity index (χ2v) is 3.65. The van der Waals surface area contributed by atoms with E-state index < -0.39 is 0 Å². The van der Waals surface area contributed by atoms with Crippen LogP contribution in [0.25, 0.3) is 5.70 Å². The van der Waals surface area contributed by atoms with E-state index in [1.807, 2.05) is 12.3 Å². The Hall–Kier alpha value is -1.31. The van der Waals surface area contributed by atoms with Crippen LogP contribution in [0.5, 0.6) is 0 Å². The second-order valence-electron chi connectivity index (χ2n) is 3.65. The van der Waals surface area contributed by atoms with Crippen molar-refractivity contribution < 1.29 is 0 Å². The van der Waals surface area contributed by atoms with Crippen molar-refractivity contribution in [3.05, 3.63) is 35.2 Å². The average Bonchev–Trinajstić information content (AvgIpc) is 2.65. The van der Waals surface area contributed by atoms with Gasteiger partial charge in [0.05, 0.1) is 0 Å². The van der Waals surface area contributed by atoms with Gasteiger partial charge in [0.2, 0.25) is 0 Å². The van der Waals surface area contributed by atoms with Gasteiger partial charge in [-0.05, 0) is 37.0 Å². The number of aryl methyl sites for hydroxylation is 1. The lowest BCUT2D eigenvalue weighted by Gasteiger charge is -2.16. The molecular formula is C11H12N2. The zero-order valence-electron chi connectivity index (χ0n) is 7.51. The minimum atomic E-state index is 1.11. The number of nitrogens with one attached hydrogen (secondary N) is 1. The normalized spacial score (nSPS) is 19.4. The molecule has 1 aliphatic heterocycles. The third-order valence-electron chi connectivity index (χ3n) is 2.91. The first-order valence-corrected chi connectivity index (χ1v) is 4.85. The number of aromatic nitrogens is 1. The Morgan fingerprint density at radius 1 is 1.23 bits per heavy atom. The zero-order valence-corrected chi connectivity index (χ0v) is 7.51. The maximum Gasteiger partial charge on any atom is 0.0499 e. The SMILES string of the molecule is c1cnc2c(c1)C1=C(CCN1)CC2. The van der Waals surface area contributed by atoms with E-state index in [1.165, 1.54) is 29.8 Å². The van der Waals surface area contributed by atoms with Crippen molar-refractivity contribution >= 4 is 5.70 Å². The van der Waals surface area contributed by atoms with Crippen LogP contribution in [0, 0.1) is 0 Å². The van der Waals surface area contributed by atoms with Crippen molar-refractivity contribution in [3.63, 3.8) is 0 Å². The first kappa shape index (κ1) is 7.13. The van der Waals surface area contributed by atoms with Crippen molar-refractivity contribution in [2.45, 2.75) is 19.3 Å². The summed E-state index contributed by atoms with van der Waals surface area (Å²) in [6.45, 7) is 1.11. The Morgan fingerprint density at radius 2 is 2.23 bits per heavy atom. The van der Waals surface area contributed by atoms with Crippen molar-refractivity contribution in [1.29, 1.82) is 0 Å². The lowest BCUT2D eigenvalue weighted by atomic mass is 9.93. The molecule has 1 aromatic heterocycles. The van der Waals surface area contributed by atoms with E-state index >= 15 is 0 Å². The largest absolute Gasteiger partial charge is 0.384 e. The predicted octanol–water partition coefficient (Wildman–Crippen LogP) is 1.73. The summed E-state index contributed by atoms with van der Waals surface area (Å²) in [6, 6.07) is 4.20. The fourth-order valence-corrected chi connectivity index (χ4v) is 2.26. The van der Waals surface area contributed by atoms with E-state index in [0.29, 0.717) is 0 Å². The van der Waals surface area contributed by atoms with Crippen molar-refractivity contribution in [2.75, 3.05) is 6.54 Å². The molecule has 0 radical (unpaired) electrons. The van der Waals surface area contributed by atoms with E-state index in [9.17, 15) is 0 Å². The van der Waals surface area contributed by atoms with Gasteiger partial charge < -0.3 is 5.32 Å². The Kier molecular flexibility index (Phi) is 1.42. The second kappa shape index (κ2) is 2.59. The lowest BCUT2D eigenvalue weighted by Crippen LogP contribution is -2.11. The predicted molar refractivity (Wildman–Crippen MR) is 52.1 cm³/mol. The Bertz CT molecular complexity index is 379. The summed E-state index contributed by atoms with van der Waals surface area (Å²) in [5.41, 5.74) is 5.56. The maximum absolute atomic E-state index is 4.41. The summed E-state index contributed by atoms with van der Waals surface area (Å²) in [5.74, 6) is 0. The molecule has 0 bridgehead atoms. The molecular weight excluding hydrogens is 160 g/mol. The number of fused-ring (bicyclic) bond motifs is 2. The van der Waals surface area contributed by atoms with E-state index in [1.54, 1.807) is 5.57 Å². The molecule has 0 spiro atoms. The molecule has 2 aliphatic rings. The van der Waals surface area contributed by atoms with Crippen LogP contribution >= 0.6 is 0 Å². The summed E-state index contributed by atoms with van der Waals surface area (Å²) in [6.07, 6.45) is 5.44.